The Kier molecular flexibility index (Phi) is 3.83. The Bertz CT molecular complexity index is 435. The second kappa shape index (κ2) is 4.93. The first-order chi connectivity index (χ1) is 7.47. The Labute approximate surface area is 95.9 Å². The molecule has 0 saturated heterocycles. The van der Waals surface area contributed by atoms with Crippen LogP contribution in [0.3, 0.4) is 0 Å². The molecule has 84 valence electrons. The van der Waals surface area contributed by atoms with Gasteiger partial charge in [-0.15, -0.1) is 5.73 Å². The summed E-state index contributed by atoms with van der Waals surface area (Å²) in [7, 11) is 0. The molecular formula is C14H16O2. The molecule has 1 atom stereocenters. The molecule has 0 aliphatic carbocycles. The maximum atomic E-state index is 11.5. The Balaban J connectivity index is 3.29. The number of carbonyl (C=O) groups excluding carboxylic acids is 1. The summed E-state index contributed by atoms with van der Waals surface area (Å²) < 4.78 is 0. The lowest BCUT2D eigenvalue weighted by Gasteiger charge is -2.20. The molecule has 0 amide bonds. The van der Waals surface area contributed by atoms with Gasteiger partial charge in [0.1, 0.15) is 0 Å². The molecular weight excluding hydrogens is 200 g/mol. The van der Waals surface area contributed by atoms with Crippen molar-refractivity contribution < 1.29 is 9.90 Å². The molecule has 0 aliphatic rings. The van der Waals surface area contributed by atoms with Crippen LogP contribution in [0.15, 0.2) is 47.7 Å². The number of hydrogen-bond donors (Lipinski definition) is 1. The fourth-order valence-corrected chi connectivity index (χ4v) is 1.33. The van der Waals surface area contributed by atoms with Crippen LogP contribution in [0.1, 0.15) is 26.3 Å². The molecule has 16 heavy (non-hydrogen) atoms. The average molecular weight is 216 g/mol. The summed E-state index contributed by atoms with van der Waals surface area (Å²) in [6.45, 7) is 5.10. The maximum Gasteiger partial charge on any atom is 0.173 e. The van der Waals surface area contributed by atoms with E-state index in [2.05, 4.69) is 5.73 Å². The highest BCUT2D eigenvalue weighted by atomic mass is 16.3. The molecule has 1 aromatic carbocycles. The first kappa shape index (κ1) is 12.4. The number of hydrogen-bond acceptors (Lipinski definition) is 2. The Morgan fingerprint density at radius 3 is 2.25 bits per heavy atom. The van der Waals surface area contributed by atoms with E-state index in [4.69, 9.17) is 0 Å². The minimum Gasteiger partial charge on any atom is -0.373 e. The predicted molar refractivity (Wildman–Crippen MR) is 64.0 cm³/mol. The van der Waals surface area contributed by atoms with Crippen molar-refractivity contribution in [1.82, 2.24) is 0 Å². The van der Waals surface area contributed by atoms with E-state index in [0.717, 1.165) is 5.57 Å². The number of carbonyl (C=O) groups is 1. The zero-order chi connectivity index (χ0) is 12.2. The SMILES string of the molecule is CC(=O)C(O)(C=C=C(C)C)c1ccccc1. The largest absolute Gasteiger partial charge is 0.373 e. The van der Waals surface area contributed by atoms with Crippen LogP contribution in [-0.2, 0) is 10.4 Å². The molecule has 0 radical (unpaired) electrons. The van der Waals surface area contributed by atoms with Crippen molar-refractivity contribution in [2.45, 2.75) is 26.4 Å². The van der Waals surface area contributed by atoms with Gasteiger partial charge < -0.3 is 5.11 Å². The lowest BCUT2D eigenvalue weighted by atomic mass is 9.90. The minimum atomic E-state index is -1.57. The summed E-state index contributed by atoms with van der Waals surface area (Å²) in [6.07, 6.45) is 1.42. The van der Waals surface area contributed by atoms with Gasteiger partial charge in [-0.3, -0.25) is 4.79 Å². The zero-order valence-electron chi connectivity index (χ0n) is 9.82. The molecule has 0 aromatic heterocycles. The van der Waals surface area contributed by atoms with Gasteiger partial charge in [0, 0.05) is 6.08 Å². The molecule has 0 fully saturated rings. The van der Waals surface area contributed by atoms with Gasteiger partial charge in [0.2, 0.25) is 0 Å². The zero-order valence-corrected chi connectivity index (χ0v) is 9.82. The lowest BCUT2D eigenvalue weighted by Crippen LogP contribution is -2.31. The molecule has 0 spiro atoms. The Morgan fingerprint density at radius 2 is 1.81 bits per heavy atom. The van der Waals surface area contributed by atoms with Crippen LogP contribution in [-0.4, -0.2) is 10.9 Å². The van der Waals surface area contributed by atoms with E-state index < -0.39 is 5.60 Å². The topological polar surface area (TPSA) is 37.3 Å². The van der Waals surface area contributed by atoms with Crippen LogP contribution >= 0.6 is 0 Å². The fourth-order valence-electron chi connectivity index (χ4n) is 1.33. The highest BCUT2D eigenvalue weighted by molar-refractivity contribution is 5.88. The van der Waals surface area contributed by atoms with E-state index in [0.29, 0.717) is 5.56 Å². The fraction of sp³-hybridized carbons (Fsp3) is 0.286. The van der Waals surface area contributed by atoms with Crippen molar-refractivity contribution in [3.8, 4) is 0 Å². The van der Waals surface area contributed by atoms with Gasteiger partial charge in [-0.05, 0) is 31.9 Å². The van der Waals surface area contributed by atoms with Crippen LogP contribution in [0, 0.1) is 0 Å². The highest BCUT2D eigenvalue weighted by Gasteiger charge is 2.31. The molecule has 0 bridgehead atoms. The van der Waals surface area contributed by atoms with Crippen molar-refractivity contribution >= 4 is 5.78 Å². The van der Waals surface area contributed by atoms with E-state index in [-0.39, 0.29) is 5.78 Å². The van der Waals surface area contributed by atoms with Crippen LogP contribution in [0.5, 0.6) is 0 Å². The van der Waals surface area contributed by atoms with Crippen molar-refractivity contribution in [1.29, 1.82) is 0 Å². The summed E-state index contributed by atoms with van der Waals surface area (Å²) in [6, 6.07) is 8.88. The number of Topliss-reactive ketones (excluding diaryl/α,β-unsaturated/α-hetero) is 1. The van der Waals surface area contributed by atoms with Crippen molar-refractivity contribution in [3.63, 3.8) is 0 Å². The monoisotopic (exact) mass is 216 g/mol. The first-order valence-corrected chi connectivity index (χ1v) is 5.17. The molecule has 1 unspecified atom stereocenters. The standard InChI is InChI=1S/C14H16O2/c1-11(2)9-10-14(16,12(3)15)13-7-5-4-6-8-13/h4-8,10,16H,1-3H3. The molecule has 1 aromatic rings. The summed E-state index contributed by atoms with van der Waals surface area (Å²) in [4.78, 5) is 11.5. The highest BCUT2D eigenvalue weighted by Crippen LogP contribution is 2.23. The third-order valence-electron chi connectivity index (χ3n) is 2.32. The number of ketones is 1. The van der Waals surface area contributed by atoms with E-state index in [1.807, 2.05) is 19.9 Å². The molecule has 0 saturated carbocycles. The van der Waals surface area contributed by atoms with Crippen LogP contribution < -0.4 is 0 Å². The van der Waals surface area contributed by atoms with E-state index in [1.165, 1.54) is 13.0 Å². The van der Waals surface area contributed by atoms with Gasteiger partial charge in [0.15, 0.2) is 11.4 Å². The average Bonchev–Trinajstić information content (AvgIpc) is 2.26. The van der Waals surface area contributed by atoms with Gasteiger partial charge in [-0.2, -0.15) is 0 Å². The molecule has 0 heterocycles. The molecule has 1 rings (SSSR count). The summed E-state index contributed by atoms with van der Waals surface area (Å²) >= 11 is 0. The van der Waals surface area contributed by atoms with Crippen LogP contribution in [0.4, 0.5) is 0 Å². The smallest absolute Gasteiger partial charge is 0.173 e. The predicted octanol–water partition coefficient (Wildman–Crippen LogP) is 2.58. The van der Waals surface area contributed by atoms with Gasteiger partial charge in [0.25, 0.3) is 0 Å². The van der Waals surface area contributed by atoms with Crippen molar-refractivity contribution in [2.24, 2.45) is 0 Å². The normalized spacial score (nSPS) is 13.5. The van der Waals surface area contributed by atoms with E-state index in [1.54, 1.807) is 24.3 Å². The summed E-state index contributed by atoms with van der Waals surface area (Å²) in [5.74, 6) is -0.313. The van der Waals surface area contributed by atoms with Gasteiger partial charge >= 0.3 is 0 Å². The third-order valence-corrected chi connectivity index (χ3v) is 2.32. The van der Waals surface area contributed by atoms with Crippen molar-refractivity contribution in [3.05, 3.63) is 53.3 Å². The van der Waals surface area contributed by atoms with E-state index >= 15 is 0 Å². The summed E-state index contributed by atoms with van der Waals surface area (Å²) in [5.41, 5.74) is 2.79. The third kappa shape index (κ3) is 2.69. The van der Waals surface area contributed by atoms with Crippen LogP contribution in [0.25, 0.3) is 0 Å². The lowest BCUT2D eigenvalue weighted by molar-refractivity contribution is -0.131. The second-order valence-electron chi connectivity index (χ2n) is 3.98. The molecule has 2 nitrogen and oxygen atoms in total. The van der Waals surface area contributed by atoms with Crippen molar-refractivity contribution in [2.75, 3.05) is 0 Å². The van der Waals surface area contributed by atoms with E-state index in [9.17, 15) is 9.90 Å². The quantitative estimate of drug-likeness (QED) is 0.788. The summed E-state index contributed by atoms with van der Waals surface area (Å²) in [5, 5.41) is 10.3. The van der Waals surface area contributed by atoms with Gasteiger partial charge in [-0.1, -0.05) is 30.3 Å². The van der Waals surface area contributed by atoms with Crippen LogP contribution in [0.2, 0.25) is 0 Å². The first-order valence-electron chi connectivity index (χ1n) is 5.17. The van der Waals surface area contributed by atoms with Gasteiger partial charge in [0.05, 0.1) is 0 Å². The molecule has 2 heteroatoms. The maximum absolute atomic E-state index is 11.5. The molecule has 1 N–H and O–H groups in total. The molecule has 0 aliphatic heterocycles. The van der Waals surface area contributed by atoms with Gasteiger partial charge in [-0.25, -0.2) is 0 Å². The number of aliphatic hydroxyl groups is 1. The Hall–Kier alpha value is -1.63. The Morgan fingerprint density at radius 1 is 1.25 bits per heavy atom. The second-order valence-corrected chi connectivity index (χ2v) is 3.98. The minimum absolute atomic E-state index is 0.313. The number of benzene rings is 1. The number of rotatable bonds is 3.